The minimum Gasteiger partial charge on any atom is -0.369 e. The van der Waals surface area contributed by atoms with Crippen molar-refractivity contribution >= 4 is 23.2 Å². The van der Waals surface area contributed by atoms with Gasteiger partial charge in [0.2, 0.25) is 11.8 Å². The lowest BCUT2D eigenvalue weighted by molar-refractivity contribution is -0.138. The molecule has 1 spiro atoms. The highest BCUT2D eigenvalue weighted by molar-refractivity contribution is 6.06. The molecule has 150 valence electrons. The second kappa shape index (κ2) is 7.17. The van der Waals surface area contributed by atoms with Crippen LogP contribution in [-0.2, 0) is 9.59 Å². The molecule has 4 N–H and O–H groups in total. The molecular weight excluding hydrogens is 366 g/mol. The molecule has 2 amide bonds. The number of amides is 2. The van der Waals surface area contributed by atoms with E-state index in [1.807, 2.05) is 59.5 Å². The molecule has 29 heavy (non-hydrogen) atoms. The molecule has 0 bridgehead atoms. The number of piperidine rings is 1. The molecule has 3 aliphatic rings. The van der Waals surface area contributed by atoms with Crippen LogP contribution in [0.15, 0.2) is 54.6 Å². The van der Waals surface area contributed by atoms with Gasteiger partial charge in [0.15, 0.2) is 0 Å². The molecule has 2 aromatic rings. The maximum Gasteiger partial charge on any atom is 0.250 e. The van der Waals surface area contributed by atoms with Gasteiger partial charge in [-0.05, 0) is 30.5 Å². The zero-order valence-electron chi connectivity index (χ0n) is 16.2. The number of hydrazine groups is 1. The molecule has 2 unspecified atom stereocenters. The van der Waals surface area contributed by atoms with Crippen molar-refractivity contribution in [3.63, 3.8) is 0 Å². The van der Waals surface area contributed by atoms with Crippen LogP contribution in [-0.4, -0.2) is 41.9 Å². The van der Waals surface area contributed by atoms with Crippen LogP contribution in [0, 0.1) is 5.92 Å². The molecular formula is C22H25N5O2. The van der Waals surface area contributed by atoms with Gasteiger partial charge in [-0.2, -0.15) is 0 Å². The predicted molar refractivity (Wildman–Crippen MR) is 111 cm³/mol. The van der Waals surface area contributed by atoms with Gasteiger partial charge in [0, 0.05) is 19.6 Å². The molecule has 0 saturated carbocycles. The molecule has 5 rings (SSSR count). The Kier molecular flexibility index (Phi) is 4.49. The van der Waals surface area contributed by atoms with Gasteiger partial charge in [-0.3, -0.25) is 15.0 Å². The predicted octanol–water partition coefficient (Wildman–Crippen LogP) is 1.88. The first-order chi connectivity index (χ1) is 14.2. The van der Waals surface area contributed by atoms with Gasteiger partial charge < -0.3 is 15.5 Å². The van der Waals surface area contributed by atoms with Crippen LogP contribution in [0.3, 0.4) is 0 Å². The number of rotatable bonds is 2. The van der Waals surface area contributed by atoms with E-state index in [0.717, 1.165) is 16.9 Å². The summed E-state index contributed by atoms with van der Waals surface area (Å²) in [5.41, 5.74) is 8.61. The van der Waals surface area contributed by atoms with E-state index in [1.54, 1.807) is 0 Å². The van der Waals surface area contributed by atoms with Crippen LogP contribution in [0.4, 0.5) is 11.4 Å². The largest absolute Gasteiger partial charge is 0.369 e. The summed E-state index contributed by atoms with van der Waals surface area (Å²) in [4.78, 5) is 28.0. The zero-order chi connectivity index (χ0) is 19.8. The molecule has 3 aliphatic heterocycles. The van der Waals surface area contributed by atoms with E-state index in [0.29, 0.717) is 32.5 Å². The van der Waals surface area contributed by atoms with Crippen molar-refractivity contribution in [3.8, 4) is 0 Å². The molecule has 2 aromatic carbocycles. The SMILES string of the molecule is O=C(C1CNNC1c1ccccc1)N1CCC2(CC1)Nc1ccccc1NC2=O. The Hall–Kier alpha value is -2.90. The Morgan fingerprint density at radius 1 is 0.966 bits per heavy atom. The summed E-state index contributed by atoms with van der Waals surface area (Å²) in [6, 6.07) is 17.8. The van der Waals surface area contributed by atoms with Gasteiger partial charge in [-0.25, -0.2) is 5.43 Å². The summed E-state index contributed by atoms with van der Waals surface area (Å²) in [5.74, 6) is -0.0159. The van der Waals surface area contributed by atoms with Crippen molar-refractivity contribution in [2.45, 2.75) is 24.4 Å². The number of likely N-dealkylation sites (tertiary alicyclic amines) is 1. The first kappa shape index (κ1) is 18.1. The number of fused-ring (bicyclic) bond motifs is 1. The Balaban J connectivity index is 1.28. The van der Waals surface area contributed by atoms with E-state index in [9.17, 15) is 9.59 Å². The van der Waals surface area contributed by atoms with Crippen LogP contribution in [0.1, 0.15) is 24.4 Å². The lowest BCUT2D eigenvalue weighted by Gasteiger charge is -2.44. The van der Waals surface area contributed by atoms with Crippen molar-refractivity contribution in [2.75, 3.05) is 30.3 Å². The van der Waals surface area contributed by atoms with Gasteiger partial charge in [0.05, 0.1) is 23.3 Å². The maximum absolute atomic E-state index is 13.3. The third kappa shape index (κ3) is 3.16. The van der Waals surface area contributed by atoms with Crippen molar-refractivity contribution in [1.29, 1.82) is 0 Å². The molecule has 2 fully saturated rings. The summed E-state index contributed by atoms with van der Waals surface area (Å²) in [5, 5.41) is 6.47. The second-order valence-electron chi connectivity index (χ2n) is 8.05. The monoisotopic (exact) mass is 391 g/mol. The van der Waals surface area contributed by atoms with E-state index < -0.39 is 5.54 Å². The molecule has 7 nitrogen and oxygen atoms in total. The van der Waals surface area contributed by atoms with Crippen molar-refractivity contribution in [3.05, 3.63) is 60.2 Å². The number of carbonyl (C=O) groups is 2. The van der Waals surface area contributed by atoms with E-state index >= 15 is 0 Å². The van der Waals surface area contributed by atoms with Gasteiger partial charge in [0.25, 0.3) is 0 Å². The van der Waals surface area contributed by atoms with Gasteiger partial charge in [-0.15, -0.1) is 0 Å². The highest BCUT2D eigenvalue weighted by atomic mass is 16.2. The highest BCUT2D eigenvalue weighted by Crippen LogP contribution is 2.37. The van der Waals surface area contributed by atoms with E-state index in [4.69, 9.17) is 0 Å². The number of hydrogen-bond donors (Lipinski definition) is 4. The summed E-state index contributed by atoms with van der Waals surface area (Å²) >= 11 is 0. The minimum absolute atomic E-state index is 0.00494. The first-order valence-electron chi connectivity index (χ1n) is 10.2. The molecule has 3 heterocycles. The normalized spacial score (nSPS) is 25.2. The van der Waals surface area contributed by atoms with Crippen molar-refractivity contribution < 1.29 is 9.59 Å². The van der Waals surface area contributed by atoms with Crippen LogP contribution in [0.25, 0.3) is 0 Å². The Morgan fingerprint density at radius 3 is 2.41 bits per heavy atom. The number of hydrogen-bond acceptors (Lipinski definition) is 5. The topological polar surface area (TPSA) is 85.5 Å². The number of anilines is 2. The maximum atomic E-state index is 13.3. The fourth-order valence-corrected chi connectivity index (χ4v) is 4.66. The van der Waals surface area contributed by atoms with Crippen LogP contribution < -0.4 is 21.5 Å². The summed E-state index contributed by atoms with van der Waals surface area (Å²) in [6.45, 7) is 1.74. The summed E-state index contributed by atoms with van der Waals surface area (Å²) in [7, 11) is 0. The Morgan fingerprint density at radius 2 is 1.66 bits per heavy atom. The van der Waals surface area contributed by atoms with E-state index in [1.165, 1.54) is 0 Å². The second-order valence-corrected chi connectivity index (χ2v) is 8.05. The Labute approximate surface area is 169 Å². The molecule has 2 saturated heterocycles. The number of para-hydroxylation sites is 2. The molecule has 7 heteroatoms. The van der Waals surface area contributed by atoms with E-state index in [2.05, 4.69) is 21.5 Å². The lowest BCUT2D eigenvalue weighted by atomic mass is 9.83. The lowest BCUT2D eigenvalue weighted by Crippen LogP contribution is -2.59. The average molecular weight is 391 g/mol. The average Bonchev–Trinajstić information content (AvgIpc) is 3.25. The standard InChI is InChI=1S/C22H25N5O2/c28-20(16-14-23-26-19(16)15-6-2-1-3-7-15)27-12-10-22(11-13-27)21(29)24-17-8-4-5-9-18(17)25-22/h1-9,16,19,23,25-26H,10-14H2,(H,24,29). The van der Waals surface area contributed by atoms with Gasteiger partial charge in [-0.1, -0.05) is 42.5 Å². The third-order valence-electron chi connectivity index (χ3n) is 6.37. The smallest absolute Gasteiger partial charge is 0.250 e. The highest BCUT2D eigenvalue weighted by Gasteiger charge is 2.46. The summed E-state index contributed by atoms with van der Waals surface area (Å²) < 4.78 is 0. The fourth-order valence-electron chi connectivity index (χ4n) is 4.66. The first-order valence-corrected chi connectivity index (χ1v) is 10.2. The third-order valence-corrected chi connectivity index (χ3v) is 6.37. The van der Waals surface area contributed by atoms with Gasteiger partial charge in [0.1, 0.15) is 5.54 Å². The van der Waals surface area contributed by atoms with E-state index in [-0.39, 0.29) is 23.8 Å². The molecule has 0 aromatic heterocycles. The molecule has 0 aliphatic carbocycles. The Bertz CT molecular complexity index is 924. The van der Waals surface area contributed by atoms with Crippen LogP contribution in [0.5, 0.6) is 0 Å². The number of carbonyl (C=O) groups excluding carboxylic acids is 2. The summed E-state index contributed by atoms with van der Waals surface area (Å²) in [6.07, 6.45) is 1.20. The van der Waals surface area contributed by atoms with Crippen LogP contribution in [0.2, 0.25) is 0 Å². The number of nitrogens with zero attached hydrogens (tertiary/aromatic N) is 1. The van der Waals surface area contributed by atoms with Crippen molar-refractivity contribution in [2.24, 2.45) is 5.92 Å². The minimum atomic E-state index is -0.643. The quantitative estimate of drug-likeness (QED) is 0.628. The number of benzene rings is 2. The number of nitrogens with one attached hydrogen (secondary N) is 4. The van der Waals surface area contributed by atoms with Crippen LogP contribution >= 0.6 is 0 Å². The van der Waals surface area contributed by atoms with Gasteiger partial charge >= 0.3 is 0 Å². The molecule has 2 atom stereocenters. The fraction of sp³-hybridized carbons (Fsp3) is 0.364. The zero-order valence-corrected chi connectivity index (χ0v) is 16.2. The molecule has 0 radical (unpaired) electrons. The van der Waals surface area contributed by atoms with Crippen molar-refractivity contribution in [1.82, 2.24) is 15.8 Å².